The number of carbonyl (C=O) groups excluding carboxylic acids is 1. The van der Waals surface area contributed by atoms with Gasteiger partial charge in [-0.15, -0.1) is 0 Å². The molecular weight excluding hydrogens is 212 g/mol. The molecule has 0 spiro atoms. The maximum atomic E-state index is 10.7. The van der Waals surface area contributed by atoms with Gasteiger partial charge in [-0.1, -0.05) is 12.5 Å². The summed E-state index contributed by atoms with van der Waals surface area (Å²) in [5.41, 5.74) is 3.25. The fraction of sp³-hybridized carbons (Fsp3) is 0.429. The molecule has 0 saturated heterocycles. The van der Waals surface area contributed by atoms with Crippen molar-refractivity contribution in [3.05, 3.63) is 35.4 Å². The van der Waals surface area contributed by atoms with Gasteiger partial charge in [-0.3, -0.25) is 0 Å². The summed E-state index contributed by atoms with van der Waals surface area (Å²) in [6.07, 6.45) is 7.31. The van der Waals surface area contributed by atoms with Crippen molar-refractivity contribution in [3.63, 3.8) is 0 Å². The molecule has 0 N–H and O–H groups in total. The largest absolute Gasteiger partial charge is 0.303 e. The minimum Gasteiger partial charge on any atom is -0.303 e. The molecule has 0 atom stereocenters. The van der Waals surface area contributed by atoms with Gasteiger partial charge in [-0.25, -0.2) is 4.98 Å². The van der Waals surface area contributed by atoms with Crippen LogP contribution in [-0.2, 0) is 11.2 Å². The van der Waals surface area contributed by atoms with Crippen LogP contribution in [0.15, 0.2) is 18.3 Å². The Bertz CT molecular complexity index is 567. The monoisotopic (exact) mass is 228 g/mol. The number of aryl methyl sites for hydroxylation is 1. The third kappa shape index (κ3) is 1.57. The summed E-state index contributed by atoms with van der Waals surface area (Å²) >= 11 is 0. The number of carbonyl (C=O) groups is 1. The third-order valence-electron chi connectivity index (χ3n) is 3.72. The summed E-state index contributed by atoms with van der Waals surface area (Å²) in [5.74, 6) is 1.79. The molecule has 17 heavy (non-hydrogen) atoms. The highest BCUT2D eigenvalue weighted by atomic mass is 16.1. The van der Waals surface area contributed by atoms with Crippen molar-refractivity contribution in [1.82, 2.24) is 9.38 Å². The van der Waals surface area contributed by atoms with Crippen molar-refractivity contribution in [1.29, 1.82) is 0 Å². The molecule has 1 saturated carbocycles. The van der Waals surface area contributed by atoms with Gasteiger partial charge in [0.1, 0.15) is 12.1 Å². The van der Waals surface area contributed by atoms with E-state index in [4.69, 9.17) is 4.98 Å². The normalized spacial score (nSPS) is 16.1. The topological polar surface area (TPSA) is 34.4 Å². The zero-order chi connectivity index (χ0) is 11.8. The van der Waals surface area contributed by atoms with Gasteiger partial charge < -0.3 is 9.20 Å². The second-order valence-corrected chi connectivity index (χ2v) is 4.81. The molecule has 3 rings (SSSR count). The molecule has 1 aliphatic rings. The highest BCUT2D eigenvalue weighted by molar-refractivity contribution is 5.67. The van der Waals surface area contributed by atoms with Gasteiger partial charge in [0.25, 0.3) is 0 Å². The number of aromatic nitrogens is 2. The third-order valence-corrected chi connectivity index (χ3v) is 3.72. The molecule has 2 aromatic rings. The van der Waals surface area contributed by atoms with E-state index in [-0.39, 0.29) is 0 Å². The van der Waals surface area contributed by atoms with Gasteiger partial charge in [-0.2, -0.15) is 0 Å². The highest BCUT2D eigenvalue weighted by Gasteiger charge is 2.25. The van der Waals surface area contributed by atoms with Crippen molar-refractivity contribution in [2.75, 3.05) is 0 Å². The summed E-state index contributed by atoms with van der Waals surface area (Å²) < 4.78 is 2.18. The summed E-state index contributed by atoms with van der Waals surface area (Å²) in [6, 6.07) is 4.03. The average Bonchev–Trinajstić information content (AvgIpc) is 2.56. The van der Waals surface area contributed by atoms with Crippen molar-refractivity contribution in [3.8, 4) is 0 Å². The zero-order valence-corrected chi connectivity index (χ0v) is 10.0. The van der Waals surface area contributed by atoms with E-state index < -0.39 is 0 Å². The van der Waals surface area contributed by atoms with E-state index >= 15 is 0 Å². The second kappa shape index (κ2) is 3.99. The number of pyridine rings is 1. The summed E-state index contributed by atoms with van der Waals surface area (Å²) in [5, 5.41) is 0. The number of rotatable bonds is 3. The molecular formula is C14H16N2O. The van der Waals surface area contributed by atoms with Gasteiger partial charge in [0.15, 0.2) is 0 Å². The molecule has 1 aliphatic carbocycles. The van der Waals surface area contributed by atoms with Crippen molar-refractivity contribution < 1.29 is 4.79 Å². The fourth-order valence-electron chi connectivity index (χ4n) is 2.64. The molecule has 0 aliphatic heterocycles. The molecule has 0 unspecified atom stereocenters. The van der Waals surface area contributed by atoms with Crippen LogP contribution in [0.2, 0.25) is 0 Å². The van der Waals surface area contributed by atoms with Crippen LogP contribution in [0.4, 0.5) is 0 Å². The summed E-state index contributed by atoms with van der Waals surface area (Å²) in [4.78, 5) is 15.4. The van der Waals surface area contributed by atoms with Crippen LogP contribution < -0.4 is 0 Å². The van der Waals surface area contributed by atoms with E-state index in [9.17, 15) is 4.79 Å². The molecule has 2 heterocycles. The second-order valence-electron chi connectivity index (χ2n) is 4.81. The Morgan fingerprint density at radius 1 is 1.53 bits per heavy atom. The zero-order valence-electron chi connectivity index (χ0n) is 10.0. The van der Waals surface area contributed by atoms with Gasteiger partial charge in [0, 0.05) is 18.5 Å². The minimum atomic E-state index is 0.473. The van der Waals surface area contributed by atoms with Crippen LogP contribution in [0, 0.1) is 6.92 Å². The summed E-state index contributed by atoms with van der Waals surface area (Å²) in [7, 11) is 0. The van der Waals surface area contributed by atoms with Crippen LogP contribution in [-0.4, -0.2) is 15.7 Å². The first-order chi connectivity index (χ1) is 8.31. The predicted octanol–water partition coefficient (Wildman–Crippen LogP) is 2.65. The van der Waals surface area contributed by atoms with Gasteiger partial charge >= 0.3 is 0 Å². The Morgan fingerprint density at radius 2 is 2.35 bits per heavy atom. The van der Waals surface area contributed by atoms with E-state index in [2.05, 4.69) is 10.6 Å². The Morgan fingerprint density at radius 3 is 3.00 bits per heavy atom. The van der Waals surface area contributed by atoms with Crippen molar-refractivity contribution in [2.45, 2.75) is 38.5 Å². The smallest absolute Gasteiger partial charge is 0.124 e. The number of aldehydes is 1. The maximum Gasteiger partial charge on any atom is 0.124 e. The van der Waals surface area contributed by atoms with E-state index in [1.807, 2.05) is 19.1 Å². The number of nitrogens with zero attached hydrogens (tertiary/aromatic N) is 2. The SMILES string of the molecule is Cc1nc(C2CCC2)n2cccc(CC=O)c12. The molecule has 0 amide bonds. The maximum absolute atomic E-state index is 10.7. The molecule has 0 aromatic carbocycles. The quantitative estimate of drug-likeness (QED) is 0.757. The first-order valence-corrected chi connectivity index (χ1v) is 6.21. The van der Waals surface area contributed by atoms with Gasteiger partial charge in [0.05, 0.1) is 11.2 Å². The minimum absolute atomic E-state index is 0.473. The number of hydrogen-bond acceptors (Lipinski definition) is 2. The Hall–Kier alpha value is -1.64. The lowest BCUT2D eigenvalue weighted by atomic mass is 9.85. The van der Waals surface area contributed by atoms with E-state index in [0.717, 1.165) is 23.1 Å². The summed E-state index contributed by atoms with van der Waals surface area (Å²) in [6.45, 7) is 2.03. The molecule has 0 radical (unpaired) electrons. The van der Waals surface area contributed by atoms with E-state index in [1.54, 1.807) is 0 Å². The van der Waals surface area contributed by atoms with E-state index in [0.29, 0.717) is 12.3 Å². The van der Waals surface area contributed by atoms with Crippen LogP contribution in [0.25, 0.3) is 5.52 Å². The van der Waals surface area contributed by atoms with Crippen LogP contribution in [0.1, 0.15) is 42.3 Å². The molecule has 1 fully saturated rings. The molecule has 88 valence electrons. The fourth-order valence-corrected chi connectivity index (χ4v) is 2.64. The molecule has 3 heteroatoms. The highest BCUT2D eigenvalue weighted by Crippen LogP contribution is 2.36. The Balaban J connectivity index is 2.19. The number of imidazole rings is 1. The first kappa shape index (κ1) is 10.5. The standard InChI is InChI=1S/C14H16N2O/c1-10-13-11(7-9-17)6-3-8-16(13)14(15-10)12-4-2-5-12/h3,6,8-9,12H,2,4-5,7H2,1H3. The lowest BCUT2D eigenvalue weighted by molar-refractivity contribution is -0.107. The Kier molecular flexibility index (Phi) is 2.46. The van der Waals surface area contributed by atoms with Crippen molar-refractivity contribution >= 4 is 11.8 Å². The van der Waals surface area contributed by atoms with E-state index in [1.165, 1.54) is 25.1 Å². The number of fused-ring (bicyclic) bond motifs is 1. The predicted molar refractivity (Wildman–Crippen MR) is 66.3 cm³/mol. The van der Waals surface area contributed by atoms with Gasteiger partial charge in [0.2, 0.25) is 0 Å². The van der Waals surface area contributed by atoms with Crippen LogP contribution >= 0.6 is 0 Å². The molecule has 2 aromatic heterocycles. The lowest BCUT2D eigenvalue weighted by Crippen LogP contribution is -2.12. The van der Waals surface area contributed by atoms with Gasteiger partial charge in [-0.05, 0) is 31.4 Å². The Labute approximate surface area is 100 Å². The molecule has 0 bridgehead atoms. The average molecular weight is 228 g/mol. The lowest BCUT2D eigenvalue weighted by Gasteiger charge is -2.24. The first-order valence-electron chi connectivity index (χ1n) is 6.21. The molecule has 3 nitrogen and oxygen atoms in total. The van der Waals surface area contributed by atoms with Crippen molar-refractivity contribution in [2.24, 2.45) is 0 Å². The van der Waals surface area contributed by atoms with Crippen LogP contribution in [0.3, 0.4) is 0 Å². The van der Waals surface area contributed by atoms with Crippen LogP contribution in [0.5, 0.6) is 0 Å². The number of hydrogen-bond donors (Lipinski definition) is 0.